The van der Waals surface area contributed by atoms with Gasteiger partial charge in [0.25, 0.3) is 0 Å². The fourth-order valence-electron chi connectivity index (χ4n) is 3.46. The standard InChI is InChI=1S/C14H24INO2/c1-14(2,3)12-7-9(11-6-10(11)8-15)4-5-16(12)13(17)18/h9-12H,4-8H2,1-3H3,(H,17,18)/t9?,10-,11+,12?/m0/s1. The Morgan fingerprint density at radius 1 is 1.39 bits per heavy atom. The van der Waals surface area contributed by atoms with Crippen molar-refractivity contribution in [2.75, 3.05) is 11.0 Å². The van der Waals surface area contributed by atoms with Gasteiger partial charge in [-0.05, 0) is 42.4 Å². The second kappa shape index (κ2) is 5.17. The minimum absolute atomic E-state index is 0.0474. The Kier molecular flexibility index (Phi) is 4.14. The van der Waals surface area contributed by atoms with Crippen LogP contribution in [0.5, 0.6) is 0 Å². The smallest absolute Gasteiger partial charge is 0.407 e. The number of halogens is 1. The van der Waals surface area contributed by atoms with Gasteiger partial charge in [-0.1, -0.05) is 43.4 Å². The number of nitrogens with zero attached hydrogens (tertiary/aromatic N) is 1. The van der Waals surface area contributed by atoms with Crippen molar-refractivity contribution in [3.63, 3.8) is 0 Å². The van der Waals surface area contributed by atoms with Crippen molar-refractivity contribution in [1.29, 1.82) is 0 Å². The quantitative estimate of drug-likeness (QED) is 0.596. The van der Waals surface area contributed by atoms with E-state index in [1.165, 1.54) is 10.8 Å². The van der Waals surface area contributed by atoms with Crippen molar-refractivity contribution in [3.05, 3.63) is 0 Å². The molecule has 1 saturated heterocycles. The molecule has 104 valence electrons. The van der Waals surface area contributed by atoms with Gasteiger partial charge in [0.05, 0.1) is 0 Å². The predicted molar refractivity (Wildman–Crippen MR) is 81.2 cm³/mol. The average Bonchev–Trinajstić information content (AvgIpc) is 3.06. The van der Waals surface area contributed by atoms with E-state index >= 15 is 0 Å². The molecule has 3 nitrogen and oxygen atoms in total. The highest BCUT2D eigenvalue weighted by molar-refractivity contribution is 14.1. The number of likely N-dealkylation sites (tertiary alicyclic amines) is 1. The summed E-state index contributed by atoms with van der Waals surface area (Å²) in [6.45, 7) is 7.22. The van der Waals surface area contributed by atoms with Gasteiger partial charge >= 0.3 is 6.09 Å². The molecule has 2 aliphatic rings. The van der Waals surface area contributed by atoms with Gasteiger partial charge < -0.3 is 10.0 Å². The van der Waals surface area contributed by atoms with E-state index in [1.807, 2.05) is 0 Å². The molecule has 2 unspecified atom stereocenters. The fraction of sp³-hybridized carbons (Fsp3) is 0.929. The molecule has 0 radical (unpaired) electrons. The number of rotatable bonds is 2. The second-order valence-electron chi connectivity index (χ2n) is 6.96. The lowest BCUT2D eigenvalue weighted by molar-refractivity contribution is 0.0355. The Labute approximate surface area is 123 Å². The summed E-state index contributed by atoms with van der Waals surface area (Å²) in [4.78, 5) is 13.0. The SMILES string of the molecule is CC(C)(C)C1CC([C@H]2C[C@H]2CI)CCN1C(=O)O. The Balaban J connectivity index is 2.04. The summed E-state index contributed by atoms with van der Waals surface area (Å²) in [6.07, 6.45) is 2.76. The van der Waals surface area contributed by atoms with Gasteiger partial charge in [-0.15, -0.1) is 0 Å². The number of hydrogen-bond acceptors (Lipinski definition) is 1. The van der Waals surface area contributed by atoms with Crippen LogP contribution in [0, 0.1) is 23.2 Å². The van der Waals surface area contributed by atoms with E-state index in [1.54, 1.807) is 4.90 Å². The molecule has 0 spiro atoms. The summed E-state index contributed by atoms with van der Waals surface area (Å²) in [5.41, 5.74) is 0.0474. The highest BCUT2D eigenvalue weighted by Crippen LogP contribution is 2.51. The van der Waals surface area contributed by atoms with Gasteiger partial charge in [-0.2, -0.15) is 0 Å². The molecule has 1 aliphatic heterocycles. The van der Waals surface area contributed by atoms with Gasteiger partial charge in [0, 0.05) is 17.0 Å². The van der Waals surface area contributed by atoms with Crippen LogP contribution >= 0.6 is 22.6 Å². The summed E-state index contributed by atoms with van der Waals surface area (Å²) in [5, 5.41) is 9.34. The molecular formula is C14H24INO2. The average molecular weight is 365 g/mol. The molecule has 18 heavy (non-hydrogen) atoms. The lowest BCUT2D eigenvalue weighted by atomic mass is 9.75. The van der Waals surface area contributed by atoms with E-state index in [2.05, 4.69) is 43.4 Å². The van der Waals surface area contributed by atoms with E-state index in [0.29, 0.717) is 0 Å². The molecule has 1 heterocycles. The number of alkyl halides is 1. The second-order valence-corrected chi connectivity index (χ2v) is 7.84. The van der Waals surface area contributed by atoms with Gasteiger partial charge in [-0.3, -0.25) is 0 Å². The number of carboxylic acid groups (broad SMARTS) is 1. The molecule has 2 fully saturated rings. The lowest BCUT2D eigenvalue weighted by Crippen LogP contribution is -2.51. The first kappa shape index (κ1) is 14.4. The van der Waals surface area contributed by atoms with Crippen LogP contribution in [0.2, 0.25) is 0 Å². The molecule has 1 amide bonds. The number of amides is 1. The fourth-order valence-corrected chi connectivity index (χ4v) is 4.47. The third-order valence-electron chi connectivity index (χ3n) is 4.67. The first-order valence-corrected chi connectivity index (χ1v) is 8.42. The molecule has 0 aromatic heterocycles. The van der Waals surface area contributed by atoms with Crippen molar-refractivity contribution in [3.8, 4) is 0 Å². The first-order valence-electron chi connectivity index (χ1n) is 6.90. The summed E-state index contributed by atoms with van der Waals surface area (Å²) in [5.74, 6) is 2.54. The van der Waals surface area contributed by atoms with E-state index < -0.39 is 6.09 Å². The van der Waals surface area contributed by atoms with Crippen LogP contribution in [-0.2, 0) is 0 Å². The highest BCUT2D eigenvalue weighted by atomic mass is 127. The Morgan fingerprint density at radius 3 is 2.50 bits per heavy atom. The largest absolute Gasteiger partial charge is 0.465 e. The van der Waals surface area contributed by atoms with Crippen molar-refractivity contribution < 1.29 is 9.90 Å². The molecule has 4 atom stereocenters. The monoisotopic (exact) mass is 365 g/mol. The highest BCUT2D eigenvalue weighted by Gasteiger charge is 2.47. The molecule has 0 aromatic rings. The van der Waals surface area contributed by atoms with E-state index in [-0.39, 0.29) is 11.5 Å². The normalized spacial score (nSPS) is 36.6. The van der Waals surface area contributed by atoms with Crippen molar-refractivity contribution in [1.82, 2.24) is 4.90 Å². The maximum Gasteiger partial charge on any atom is 0.407 e. The topological polar surface area (TPSA) is 40.5 Å². The molecule has 4 heteroatoms. The summed E-state index contributed by atoms with van der Waals surface area (Å²) >= 11 is 2.48. The number of hydrogen-bond donors (Lipinski definition) is 1. The van der Waals surface area contributed by atoms with Gasteiger partial charge in [0.15, 0.2) is 0 Å². The minimum Gasteiger partial charge on any atom is -0.465 e. The maximum absolute atomic E-state index is 11.3. The third kappa shape index (κ3) is 2.94. The van der Waals surface area contributed by atoms with Crippen LogP contribution in [0.4, 0.5) is 4.79 Å². The van der Waals surface area contributed by atoms with Crippen molar-refractivity contribution >= 4 is 28.7 Å². The summed E-state index contributed by atoms with van der Waals surface area (Å²) in [7, 11) is 0. The number of carbonyl (C=O) groups is 1. The van der Waals surface area contributed by atoms with Gasteiger partial charge in [-0.25, -0.2) is 4.79 Å². The van der Waals surface area contributed by atoms with E-state index in [9.17, 15) is 9.90 Å². The third-order valence-corrected chi connectivity index (χ3v) is 5.80. The van der Waals surface area contributed by atoms with Crippen LogP contribution < -0.4 is 0 Å². The summed E-state index contributed by atoms with van der Waals surface area (Å²) < 4.78 is 1.27. The number of piperidine rings is 1. The maximum atomic E-state index is 11.3. The van der Waals surface area contributed by atoms with E-state index in [4.69, 9.17) is 0 Å². The van der Waals surface area contributed by atoms with Crippen LogP contribution in [0.3, 0.4) is 0 Å². The van der Waals surface area contributed by atoms with Gasteiger partial charge in [0.2, 0.25) is 0 Å². The molecule has 0 aromatic carbocycles. The predicted octanol–water partition coefficient (Wildman–Crippen LogP) is 3.86. The van der Waals surface area contributed by atoms with E-state index in [0.717, 1.165) is 37.1 Å². The molecule has 1 saturated carbocycles. The van der Waals surface area contributed by atoms with Crippen molar-refractivity contribution in [2.45, 2.75) is 46.1 Å². The van der Waals surface area contributed by atoms with Crippen LogP contribution in [0.1, 0.15) is 40.0 Å². The Bertz CT molecular complexity index is 326. The van der Waals surface area contributed by atoms with Crippen LogP contribution in [-0.4, -0.2) is 33.1 Å². The molecule has 0 bridgehead atoms. The zero-order valence-electron chi connectivity index (χ0n) is 11.5. The molecule has 2 rings (SSSR count). The van der Waals surface area contributed by atoms with Gasteiger partial charge in [0.1, 0.15) is 0 Å². The molecular weight excluding hydrogens is 341 g/mol. The zero-order valence-corrected chi connectivity index (χ0v) is 13.7. The zero-order chi connectivity index (χ0) is 13.5. The molecule has 1 aliphatic carbocycles. The summed E-state index contributed by atoms with van der Waals surface area (Å²) in [6, 6.07) is 0.184. The van der Waals surface area contributed by atoms with Crippen molar-refractivity contribution in [2.24, 2.45) is 23.2 Å². The first-order chi connectivity index (χ1) is 8.34. The minimum atomic E-state index is -0.741. The lowest BCUT2D eigenvalue weighted by Gasteiger charge is -2.45. The van der Waals surface area contributed by atoms with Crippen LogP contribution in [0.25, 0.3) is 0 Å². The molecule has 1 N–H and O–H groups in total. The van der Waals surface area contributed by atoms with Crippen LogP contribution in [0.15, 0.2) is 0 Å². The Hall–Kier alpha value is 0. The Morgan fingerprint density at radius 2 is 2.06 bits per heavy atom.